The molecule has 8 atom stereocenters. The van der Waals surface area contributed by atoms with Crippen molar-refractivity contribution in [2.75, 3.05) is 25.6 Å². The van der Waals surface area contributed by atoms with E-state index in [-0.39, 0.29) is 30.3 Å². The molecule has 3 aliphatic heterocycles. The van der Waals surface area contributed by atoms with Crippen LogP contribution in [0.15, 0.2) is 36.4 Å². The first kappa shape index (κ1) is 26.9. The highest BCUT2D eigenvalue weighted by atomic mass is 16.5. The second kappa shape index (κ2) is 10.5. The van der Waals surface area contributed by atoms with E-state index in [1.807, 2.05) is 36.4 Å². The number of nitrogens with one attached hydrogen (secondary N) is 2. The highest BCUT2D eigenvalue weighted by Gasteiger charge is 2.72. The Kier molecular flexibility index (Phi) is 7.40. The summed E-state index contributed by atoms with van der Waals surface area (Å²) in [6.45, 7) is 9.20. The van der Waals surface area contributed by atoms with Crippen LogP contribution in [0.2, 0.25) is 0 Å². The quantitative estimate of drug-likeness (QED) is 0.509. The van der Waals surface area contributed by atoms with Gasteiger partial charge in [0.25, 0.3) is 0 Å². The Morgan fingerprint density at radius 2 is 1.89 bits per heavy atom. The van der Waals surface area contributed by atoms with E-state index in [9.17, 15) is 14.4 Å². The molecule has 8 heteroatoms. The van der Waals surface area contributed by atoms with Crippen LogP contribution in [0.25, 0.3) is 0 Å². The number of carbonyl (C=O) groups excluding carboxylic acids is 3. The van der Waals surface area contributed by atoms with Gasteiger partial charge in [-0.1, -0.05) is 64.8 Å². The number of hydrogen-bond donors (Lipinski definition) is 2. The Labute approximate surface area is 225 Å². The fraction of sp³-hybridized carbons (Fsp3) is 0.633. The largest absolute Gasteiger partial charge is 0.383 e. The number of benzene rings is 1. The van der Waals surface area contributed by atoms with E-state index >= 15 is 0 Å². The van der Waals surface area contributed by atoms with E-state index in [4.69, 9.17) is 9.47 Å². The third kappa shape index (κ3) is 4.45. The monoisotopic (exact) mass is 523 g/mol. The molecule has 0 aromatic heterocycles. The molecule has 4 aliphatic rings. The molecule has 1 saturated carbocycles. The first-order valence-electron chi connectivity index (χ1n) is 14.1. The summed E-state index contributed by atoms with van der Waals surface area (Å²) in [7, 11) is 1.57. The van der Waals surface area contributed by atoms with Crippen molar-refractivity contribution in [2.24, 2.45) is 23.7 Å². The van der Waals surface area contributed by atoms with Crippen LogP contribution < -0.4 is 10.6 Å². The molecule has 3 heterocycles. The summed E-state index contributed by atoms with van der Waals surface area (Å²) < 4.78 is 11.7. The number of nitrogens with zero attached hydrogens (tertiary/aromatic N) is 1. The zero-order valence-corrected chi connectivity index (χ0v) is 23.1. The normalized spacial score (nSPS) is 35.6. The number of rotatable bonds is 8. The fourth-order valence-corrected chi connectivity index (χ4v) is 6.92. The summed E-state index contributed by atoms with van der Waals surface area (Å²) in [4.78, 5) is 42.9. The van der Waals surface area contributed by atoms with E-state index in [2.05, 4.69) is 38.3 Å². The van der Waals surface area contributed by atoms with Crippen LogP contribution in [0.1, 0.15) is 58.4 Å². The first-order valence-corrected chi connectivity index (χ1v) is 14.1. The average Bonchev–Trinajstić information content (AvgIpc) is 3.53. The average molecular weight is 524 g/mol. The molecule has 3 fully saturated rings. The predicted octanol–water partition coefficient (Wildman–Crippen LogP) is 3.49. The molecule has 0 unspecified atom stereocenters. The molecule has 8 nitrogen and oxygen atoms in total. The second-order valence-electron chi connectivity index (χ2n) is 11.9. The zero-order valence-electron chi connectivity index (χ0n) is 23.1. The molecule has 206 valence electrons. The number of ether oxygens (including phenoxy) is 2. The lowest BCUT2D eigenvalue weighted by Crippen LogP contribution is -2.58. The number of amides is 3. The summed E-state index contributed by atoms with van der Waals surface area (Å²) in [5.41, 5.74) is 0.701. The smallest absolute Gasteiger partial charge is 0.246 e. The van der Waals surface area contributed by atoms with Crippen LogP contribution in [0, 0.1) is 23.7 Å². The van der Waals surface area contributed by atoms with Gasteiger partial charge in [-0.15, -0.1) is 0 Å². The number of carbonyl (C=O) groups is 3. The van der Waals surface area contributed by atoms with Gasteiger partial charge in [-0.05, 0) is 41.9 Å². The van der Waals surface area contributed by atoms with Crippen molar-refractivity contribution >= 4 is 23.4 Å². The molecule has 2 saturated heterocycles. The van der Waals surface area contributed by atoms with Gasteiger partial charge in [0.2, 0.25) is 17.7 Å². The molecule has 1 aliphatic carbocycles. The zero-order chi connectivity index (χ0) is 27.2. The SMILES string of the molecule is COCCN1C(=O)[C@H]2[C@H](C(=O)Nc3ccc(C(C)C)cc3)[C@H]3C=C[C@@]2(O3)[C@@H]1C(=O)N[C@@H]1CCC[C@H](C)[C@H]1C. The van der Waals surface area contributed by atoms with Crippen LogP contribution >= 0.6 is 0 Å². The molecule has 1 aromatic carbocycles. The number of methoxy groups -OCH3 is 1. The summed E-state index contributed by atoms with van der Waals surface area (Å²) in [5, 5.41) is 6.26. The van der Waals surface area contributed by atoms with Crippen molar-refractivity contribution < 1.29 is 23.9 Å². The topological polar surface area (TPSA) is 97.0 Å². The lowest BCUT2D eigenvalue weighted by atomic mass is 9.73. The van der Waals surface area contributed by atoms with Crippen LogP contribution in [0.3, 0.4) is 0 Å². The van der Waals surface area contributed by atoms with E-state index < -0.39 is 29.6 Å². The molecule has 5 rings (SSSR count). The third-order valence-electron chi connectivity index (χ3n) is 9.34. The minimum absolute atomic E-state index is 0.0524. The van der Waals surface area contributed by atoms with Crippen molar-refractivity contribution in [1.82, 2.24) is 10.2 Å². The van der Waals surface area contributed by atoms with Gasteiger partial charge in [-0.2, -0.15) is 0 Å². The maximum Gasteiger partial charge on any atom is 0.246 e. The van der Waals surface area contributed by atoms with Gasteiger partial charge >= 0.3 is 0 Å². The lowest BCUT2D eigenvalue weighted by Gasteiger charge is -2.38. The standard InChI is InChI=1S/C30H41N3O5/c1-17(2)20-9-11-21(12-10-20)31-27(34)24-23-13-14-30(38-23)25(24)29(36)33(15-16-37-5)26(30)28(35)32-22-8-6-7-18(3)19(22)4/h9-14,17-19,22-26H,6-8,15-16H2,1-5H3,(H,31,34)(H,32,35)/t18-,19+,22+,23+,24+,25+,26-,30-/m0/s1. The Hall–Kier alpha value is -2.71. The molecule has 0 radical (unpaired) electrons. The second-order valence-corrected chi connectivity index (χ2v) is 11.9. The van der Waals surface area contributed by atoms with Crippen LogP contribution in [0.5, 0.6) is 0 Å². The lowest BCUT2D eigenvalue weighted by molar-refractivity contribution is -0.142. The van der Waals surface area contributed by atoms with E-state index in [1.54, 1.807) is 12.0 Å². The molecule has 3 amide bonds. The van der Waals surface area contributed by atoms with Crippen LogP contribution in [-0.4, -0.2) is 66.7 Å². The predicted molar refractivity (Wildman–Crippen MR) is 144 cm³/mol. The van der Waals surface area contributed by atoms with Crippen LogP contribution in [-0.2, 0) is 23.9 Å². The summed E-state index contributed by atoms with van der Waals surface area (Å²) >= 11 is 0. The van der Waals surface area contributed by atoms with Gasteiger partial charge in [0.05, 0.1) is 24.5 Å². The molecule has 1 aromatic rings. The van der Waals surface area contributed by atoms with Crippen molar-refractivity contribution in [3.63, 3.8) is 0 Å². The minimum Gasteiger partial charge on any atom is -0.383 e. The Morgan fingerprint density at radius 1 is 1.16 bits per heavy atom. The summed E-state index contributed by atoms with van der Waals surface area (Å²) in [6, 6.07) is 6.98. The maximum atomic E-state index is 13.9. The minimum atomic E-state index is -1.16. The van der Waals surface area contributed by atoms with Crippen molar-refractivity contribution in [2.45, 2.75) is 76.7 Å². The highest BCUT2D eigenvalue weighted by molar-refractivity contribution is 6.02. The molecular weight excluding hydrogens is 482 g/mol. The van der Waals surface area contributed by atoms with Gasteiger partial charge < -0.3 is 25.0 Å². The van der Waals surface area contributed by atoms with Crippen molar-refractivity contribution in [3.8, 4) is 0 Å². The molecule has 1 spiro atoms. The summed E-state index contributed by atoms with van der Waals surface area (Å²) in [5.74, 6) is -0.914. The van der Waals surface area contributed by atoms with Crippen LogP contribution in [0.4, 0.5) is 5.69 Å². The molecule has 2 N–H and O–H groups in total. The summed E-state index contributed by atoms with van der Waals surface area (Å²) in [6.07, 6.45) is 6.30. The Balaban J connectivity index is 1.40. The molecular formula is C30H41N3O5. The Bertz CT molecular complexity index is 1100. The van der Waals surface area contributed by atoms with E-state index in [1.165, 1.54) is 5.56 Å². The van der Waals surface area contributed by atoms with Gasteiger partial charge in [0.1, 0.15) is 11.6 Å². The van der Waals surface area contributed by atoms with Gasteiger partial charge in [-0.3, -0.25) is 14.4 Å². The number of likely N-dealkylation sites (tertiary alicyclic amines) is 1. The van der Waals surface area contributed by atoms with E-state index in [0.29, 0.717) is 30.0 Å². The van der Waals surface area contributed by atoms with E-state index in [0.717, 1.165) is 19.3 Å². The molecule has 38 heavy (non-hydrogen) atoms. The van der Waals surface area contributed by atoms with Crippen molar-refractivity contribution in [1.29, 1.82) is 0 Å². The van der Waals surface area contributed by atoms with Gasteiger partial charge in [0, 0.05) is 25.4 Å². The number of fused-ring (bicyclic) bond motifs is 1. The van der Waals surface area contributed by atoms with Gasteiger partial charge in [0.15, 0.2) is 0 Å². The first-order chi connectivity index (χ1) is 18.2. The third-order valence-corrected chi connectivity index (χ3v) is 9.34. The molecule has 2 bridgehead atoms. The highest BCUT2D eigenvalue weighted by Crippen LogP contribution is 2.55. The maximum absolute atomic E-state index is 13.9. The number of anilines is 1. The van der Waals surface area contributed by atoms with Crippen molar-refractivity contribution in [3.05, 3.63) is 42.0 Å². The Morgan fingerprint density at radius 3 is 2.58 bits per heavy atom. The number of hydrogen-bond acceptors (Lipinski definition) is 5. The van der Waals surface area contributed by atoms with Gasteiger partial charge in [-0.25, -0.2) is 0 Å². The fourth-order valence-electron chi connectivity index (χ4n) is 6.92.